The third-order valence-electron chi connectivity index (χ3n) is 3.38. The molecule has 1 N–H and O–H groups in total. The molecule has 2 heteroatoms. The summed E-state index contributed by atoms with van der Waals surface area (Å²) >= 11 is 0. The molecule has 1 saturated carbocycles. The average Bonchev–Trinajstić information content (AvgIpc) is 2.64. The molecule has 2 bridgehead atoms. The van der Waals surface area contributed by atoms with Crippen LogP contribution in [0.15, 0.2) is 0 Å². The van der Waals surface area contributed by atoms with Gasteiger partial charge >= 0.3 is 0 Å². The summed E-state index contributed by atoms with van der Waals surface area (Å²) in [6.45, 7) is 4.88. The van der Waals surface area contributed by atoms with Crippen LogP contribution in [0.3, 0.4) is 0 Å². The number of aliphatic hydroxyl groups excluding tert-OH is 1. The van der Waals surface area contributed by atoms with E-state index in [0.717, 1.165) is 18.5 Å². The number of fused-ring (bicyclic) bond motifs is 2. The van der Waals surface area contributed by atoms with E-state index >= 15 is 0 Å². The van der Waals surface area contributed by atoms with Gasteiger partial charge in [0.25, 0.3) is 0 Å². The molecule has 2 nitrogen and oxygen atoms in total. The standard InChI is InChI=1S/C10H19NO/c1-8(7-12)5-11-6-9-2-3-10(11)4-9/h8-10,12H,2-7H2,1H3. The van der Waals surface area contributed by atoms with Gasteiger partial charge < -0.3 is 5.11 Å². The minimum Gasteiger partial charge on any atom is -0.396 e. The van der Waals surface area contributed by atoms with Crippen LogP contribution in [0.4, 0.5) is 0 Å². The molecule has 1 aliphatic heterocycles. The molecule has 70 valence electrons. The minimum atomic E-state index is 0.341. The molecule has 0 spiro atoms. The fourth-order valence-electron chi connectivity index (χ4n) is 2.71. The van der Waals surface area contributed by atoms with Crippen LogP contribution in [0.2, 0.25) is 0 Å². The number of hydrogen-bond donors (Lipinski definition) is 1. The summed E-state index contributed by atoms with van der Waals surface area (Å²) in [5, 5.41) is 8.94. The van der Waals surface area contributed by atoms with Crippen molar-refractivity contribution in [2.75, 3.05) is 19.7 Å². The van der Waals surface area contributed by atoms with Crippen LogP contribution in [0, 0.1) is 11.8 Å². The Morgan fingerprint density at radius 1 is 1.50 bits per heavy atom. The number of piperidine rings is 1. The van der Waals surface area contributed by atoms with Crippen LogP contribution >= 0.6 is 0 Å². The van der Waals surface area contributed by atoms with Crippen LogP contribution in [-0.4, -0.2) is 35.7 Å². The number of aliphatic hydroxyl groups is 1. The Balaban J connectivity index is 1.82. The summed E-state index contributed by atoms with van der Waals surface area (Å²) in [5.41, 5.74) is 0. The number of likely N-dealkylation sites (tertiary alicyclic amines) is 1. The van der Waals surface area contributed by atoms with Crippen LogP contribution in [0.5, 0.6) is 0 Å². The fraction of sp³-hybridized carbons (Fsp3) is 1.00. The van der Waals surface area contributed by atoms with Crippen molar-refractivity contribution in [3.05, 3.63) is 0 Å². The van der Waals surface area contributed by atoms with E-state index in [1.807, 2.05) is 0 Å². The molecule has 0 amide bonds. The van der Waals surface area contributed by atoms with Gasteiger partial charge in [-0.15, -0.1) is 0 Å². The lowest BCUT2D eigenvalue weighted by molar-refractivity contribution is 0.147. The van der Waals surface area contributed by atoms with Crippen LogP contribution in [0.1, 0.15) is 26.2 Å². The first kappa shape index (κ1) is 8.52. The van der Waals surface area contributed by atoms with E-state index in [1.165, 1.54) is 25.8 Å². The van der Waals surface area contributed by atoms with E-state index in [4.69, 9.17) is 5.11 Å². The van der Waals surface area contributed by atoms with Gasteiger partial charge in [0, 0.05) is 25.7 Å². The van der Waals surface area contributed by atoms with Gasteiger partial charge in [0.1, 0.15) is 0 Å². The maximum absolute atomic E-state index is 8.94. The van der Waals surface area contributed by atoms with Gasteiger partial charge in [-0.2, -0.15) is 0 Å². The molecule has 3 unspecified atom stereocenters. The van der Waals surface area contributed by atoms with Gasteiger partial charge in [0.05, 0.1) is 0 Å². The van der Waals surface area contributed by atoms with Crippen LogP contribution in [0.25, 0.3) is 0 Å². The van der Waals surface area contributed by atoms with E-state index in [1.54, 1.807) is 0 Å². The largest absolute Gasteiger partial charge is 0.396 e. The zero-order chi connectivity index (χ0) is 8.55. The first-order chi connectivity index (χ1) is 5.79. The third kappa shape index (κ3) is 1.50. The van der Waals surface area contributed by atoms with Gasteiger partial charge in [0.15, 0.2) is 0 Å². The van der Waals surface area contributed by atoms with Gasteiger partial charge in [-0.1, -0.05) is 6.92 Å². The van der Waals surface area contributed by atoms with Crippen LogP contribution in [-0.2, 0) is 0 Å². The monoisotopic (exact) mass is 169 g/mol. The van der Waals surface area contributed by atoms with Gasteiger partial charge in [-0.25, -0.2) is 0 Å². The Kier molecular flexibility index (Phi) is 2.37. The zero-order valence-corrected chi connectivity index (χ0v) is 7.87. The number of nitrogens with zero attached hydrogens (tertiary/aromatic N) is 1. The van der Waals surface area contributed by atoms with Crippen molar-refractivity contribution in [3.8, 4) is 0 Å². The second-order valence-electron chi connectivity index (χ2n) is 4.57. The molecule has 1 heterocycles. The number of rotatable bonds is 3. The molecular weight excluding hydrogens is 150 g/mol. The van der Waals surface area contributed by atoms with E-state index in [-0.39, 0.29) is 0 Å². The summed E-state index contributed by atoms with van der Waals surface area (Å²) in [7, 11) is 0. The molecule has 2 fully saturated rings. The van der Waals surface area contributed by atoms with Gasteiger partial charge in [-0.05, 0) is 31.1 Å². The van der Waals surface area contributed by atoms with E-state index in [0.29, 0.717) is 12.5 Å². The third-order valence-corrected chi connectivity index (χ3v) is 3.38. The molecular formula is C10H19NO. The predicted molar refractivity (Wildman–Crippen MR) is 49.0 cm³/mol. The highest BCUT2D eigenvalue weighted by Crippen LogP contribution is 2.37. The maximum Gasteiger partial charge on any atom is 0.0468 e. The molecule has 0 radical (unpaired) electrons. The summed E-state index contributed by atoms with van der Waals surface area (Å²) < 4.78 is 0. The van der Waals surface area contributed by atoms with Crippen LogP contribution < -0.4 is 0 Å². The predicted octanol–water partition coefficient (Wildman–Crippen LogP) is 1.10. The normalized spacial score (nSPS) is 37.5. The second-order valence-corrected chi connectivity index (χ2v) is 4.57. The van der Waals surface area contributed by atoms with Crippen molar-refractivity contribution < 1.29 is 5.11 Å². The van der Waals surface area contributed by atoms with E-state index < -0.39 is 0 Å². The lowest BCUT2D eigenvalue weighted by atomic mass is 10.1. The molecule has 0 aromatic heterocycles. The highest BCUT2D eigenvalue weighted by Gasteiger charge is 2.37. The van der Waals surface area contributed by atoms with Gasteiger partial charge in [0.2, 0.25) is 0 Å². The SMILES string of the molecule is CC(CO)CN1CC2CCC1C2. The van der Waals surface area contributed by atoms with Crippen molar-refractivity contribution in [2.45, 2.75) is 32.2 Å². The Hall–Kier alpha value is -0.0800. The molecule has 3 atom stereocenters. The molecule has 2 aliphatic rings. The van der Waals surface area contributed by atoms with Crippen molar-refractivity contribution >= 4 is 0 Å². The van der Waals surface area contributed by atoms with E-state index in [2.05, 4.69) is 11.8 Å². The maximum atomic E-state index is 8.94. The summed E-state index contributed by atoms with van der Waals surface area (Å²) in [4.78, 5) is 2.58. The lowest BCUT2D eigenvalue weighted by Gasteiger charge is -2.28. The van der Waals surface area contributed by atoms with Gasteiger partial charge in [-0.3, -0.25) is 4.90 Å². The van der Waals surface area contributed by atoms with Crippen molar-refractivity contribution in [3.63, 3.8) is 0 Å². The quantitative estimate of drug-likeness (QED) is 0.684. The molecule has 1 saturated heterocycles. The van der Waals surface area contributed by atoms with Crippen molar-refractivity contribution in [2.24, 2.45) is 11.8 Å². The average molecular weight is 169 g/mol. The smallest absolute Gasteiger partial charge is 0.0468 e. The van der Waals surface area contributed by atoms with E-state index in [9.17, 15) is 0 Å². The first-order valence-corrected chi connectivity index (χ1v) is 5.14. The summed E-state index contributed by atoms with van der Waals surface area (Å²) in [6, 6.07) is 0.865. The minimum absolute atomic E-state index is 0.341. The summed E-state index contributed by atoms with van der Waals surface area (Å²) in [5.74, 6) is 1.45. The molecule has 0 aromatic carbocycles. The van der Waals surface area contributed by atoms with Crippen molar-refractivity contribution in [1.82, 2.24) is 4.90 Å². The topological polar surface area (TPSA) is 23.5 Å². The Morgan fingerprint density at radius 2 is 2.33 bits per heavy atom. The van der Waals surface area contributed by atoms with Crippen molar-refractivity contribution in [1.29, 1.82) is 0 Å². The lowest BCUT2D eigenvalue weighted by Crippen LogP contribution is -2.36. The Labute approximate surface area is 74.6 Å². The molecule has 1 aliphatic carbocycles. The first-order valence-electron chi connectivity index (χ1n) is 5.14. The molecule has 12 heavy (non-hydrogen) atoms. The Morgan fingerprint density at radius 3 is 2.83 bits per heavy atom. The second kappa shape index (κ2) is 3.35. The Bertz CT molecular complexity index is 160. The highest BCUT2D eigenvalue weighted by molar-refractivity contribution is 4.92. The number of hydrogen-bond acceptors (Lipinski definition) is 2. The molecule has 0 aromatic rings. The fourth-order valence-corrected chi connectivity index (χ4v) is 2.71. The summed E-state index contributed by atoms with van der Waals surface area (Å²) in [6.07, 6.45) is 4.29. The zero-order valence-electron chi connectivity index (χ0n) is 7.87. The molecule has 2 rings (SSSR count). The highest BCUT2D eigenvalue weighted by atomic mass is 16.3.